The van der Waals surface area contributed by atoms with Gasteiger partial charge in [0.15, 0.2) is 5.78 Å². The summed E-state index contributed by atoms with van der Waals surface area (Å²) >= 11 is 0. The lowest BCUT2D eigenvalue weighted by Gasteiger charge is -2.08. The van der Waals surface area contributed by atoms with Crippen LogP contribution < -0.4 is 4.74 Å². The van der Waals surface area contributed by atoms with Gasteiger partial charge in [0.2, 0.25) is 0 Å². The first kappa shape index (κ1) is 20.2. The molecule has 0 fully saturated rings. The predicted molar refractivity (Wildman–Crippen MR) is 114 cm³/mol. The van der Waals surface area contributed by atoms with Gasteiger partial charge in [0, 0.05) is 29.2 Å². The third-order valence-electron chi connectivity index (χ3n) is 4.66. The highest BCUT2D eigenvalue weighted by molar-refractivity contribution is 6.06. The first-order chi connectivity index (χ1) is 15.1. The molecular formula is C25H18F2N2O2. The van der Waals surface area contributed by atoms with E-state index in [4.69, 9.17) is 4.74 Å². The number of hydrogen-bond acceptors (Lipinski definition) is 3. The Labute approximate surface area is 178 Å². The van der Waals surface area contributed by atoms with Crippen molar-refractivity contribution in [2.45, 2.75) is 6.61 Å². The number of ketones is 1. The van der Waals surface area contributed by atoms with Gasteiger partial charge in [-0.1, -0.05) is 18.2 Å². The summed E-state index contributed by atoms with van der Waals surface area (Å²) in [7, 11) is 0. The summed E-state index contributed by atoms with van der Waals surface area (Å²) in [5, 5.41) is 0. The summed E-state index contributed by atoms with van der Waals surface area (Å²) in [5.74, 6) is -0.749. The number of rotatable bonds is 7. The van der Waals surface area contributed by atoms with Gasteiger partial charge in [-0.15, -0.1) is 0 Å². The van der Waals surface area contributed by atoms with Gasteiger partial charge in [0.25, 0.3) is 0 Å². The molecule has 0 unspecified atom stereocenters. The molecule has 6 heteroatoms. The summed E-state index contributed by atoms with van der Waals surface area (Å²) in [6.45, 7) is -0.105. The van der Waals surface area contributed by atoms with Crippen LogP contribution in [0.25, 0.3) is 11.8 Å². The molecule has 0 saturated heterocycles. The molecule has 3 aromatic carbocycles. The molecule has 1 heterocycles. The van der Waals surface area contributed by atoms with Gasteiger partial charge in [0.05, 0.1) is 6.33 Å². The molecule has 0 aliphatic rings. The van der Waals surface area contributed by atoms with Crippen LogP contribution in [0, 0.1) is 11.6 Å². The maximum atomic E-state index is 13.7. The Morgan fingerprint density at radius 1 is 1.00 bits per heavy atom. The Morgan fingerprint density at radius 3 is 2.48 bits per heavy atom. The number of allylic oxidation sites excluding steroid dienone is 1. The first-order valence-electron chi connectivity index (χ1n) is 9.56. The Hall–Kier alpha value is -4.06. The molecule has 0 aliphatic heterocycles. The zero-order chi connectivity index (χ0) is 21.6. The minimum absolute atomic E-state index is 0.105. The topological polar surface area (TPSA) is 44.1 Å². The highest BCUT2D eigenvalue weighted by atomic mass is 19.1. The molecule has 0 amide bonds. The van der Waals surface area contributed by atoms with Crippen LogP contribution in [0.15, 0.2) is 91.5 Å². The second-order valence-electron chi connectivity index (χ2n) is 6.81. The van der Waals surface area contributed by atoms with Gasteiger partial charge in [-0.2, -0.15) is 0 Å². The van der Waals surface area contributed by atoms with Crippen molar-refractivity contribution in [1.29, 1.82) is 0 Å². The summed E-state index contributed by atoms with van der Waals surface area (Å²) in [6, 6.07) is 17.4. The second kappa shape index (κ2) is 9.17. The van der Waals surface area contributed by atoms with E-state index in [1.54, 1.807) is 42.9 Å². The van der Waals surface area contributed by atoms with Gasteiger partial charge in [-0.3, -0.25) is 4.79 Å². The molecule has 0 N–H and O–H groups in total. The number of imidazole rings is 1. The number of carbonyl (C=O) groups is 1. The Balaban J connectivity index is 1.36. The molecule has 31 heavy (non-hydrogen) atoms. The van der Waals surface area contributed by atoms with E-state index in [-0.39, 0.29) is 18.0 Å². The van der Waals surface area contributed by atoms with Crippen molar-refractivity contribution in [2.24, 2.45) is 0 Å². The number of ether oxygens (including phenoxy) is 1. The van der Waals surface area contributed by atoms with E-state index in [1.165, 1.54) is 6.08 Å². The third-order valence-corrected chi connectivity index (χ3v) is 4.66. The molecular weight excluding hydrogens is 398 g/mol. The predicted octanol–water partition coefficient (Wildman–Crippen LogP) is 5.63. The normalized spacial score (nSPS) is 11.0. The lowest BCUT2D eigenvalue weighted by Crippen LogP contribution is -2.00. The molecule has 154 valence electrons. The van der Waals surface area contributed by atoms with Crippen LogP contribution >= 0.6 is 0 Å². The minimum Gasteiger partial charge on any atom is -0.489 e. The van der Waals surface area contributed by atoms with E-state index in [0.29, 0.717) is 11.3 Å². The highest BCUT2D eigenvalue weighted by Gasteiger charge is 2.06. The van der Waals surface area contributed by atoms with Crippen molar-refractivity contribution in [2.75, 3.05) is 0 Å². The van der Waals surface area contributed by atoms with E-state index in [2.05, 4.69) is 4.98 Å². The van der Waals surface area contributed by atoms with E-state index >= 15 is 0 Å². The monoisotopic (exact) mass is 416 g/mol. The molecule has 4 aromatic rings. The molecule has 1 aromatic heterocycles. The number of carbonyl (C=O) groups excluding carboxylic acids is 1. The Bertz CT molecular complexity index is 1200. The Kier molecular flexibility index (Phi) is 5.98. The van der Waals surface area contributed by atoms with Gasteiger partial charge in [-0.05, 0) is 66.2 Å². The molecule has 0 radical (unpaired) electrons. The highest BCUT2D eigenvalue weighted by Crippen LogP contribution is 2.17. The van der Waals surface area contributed by atoms with Crippen molar-refractivity contribution in [1.82, 2.24) is 9.55 Å². The van der Waals surface area contributed by atoms with Crippen LogP contribution in [0.3, 0.4) is 0 Å². The van der Waals surface area contributed by atoms with Crippen molar-refractivity contribution >= 4 is 11.9 Å². The maximum absolute atomic E-state index is 13.7. The lowest BCUT2D eigenvalue weighted by atomic mass is 10.1. The van der Waals surface area contributed by atoms with Crippen LogP contribution in [-0.2, 0) is 6.61 Å². The van der Waals surface area contributed by atoms with E-state index in [0.717, 1.165) is 29.4 Å². The molecule has 0 saturated carbocycles. The number of benzene rings is 3. The maximum Gasteiger partial charge on any atom is 0.185 e. The van der Waals surface area contributed by atoms with Crippen molar-refractivity contribution in [3.63, 3.8) is 0 Å². The SMILES string of the molecule is O=C(/C=C/c1ccc(-n2ccnc2)cc1)c1ccc(OCc2cc(F)ccc2F)cc1. The molecule has 0 bridgehead atoms. The van der Waals surface area contributed by atoms with Crippen LogP contribution in [0.1, 0.15) is 21.5 Å². The lowest BCUT2D eigenvalue weighted by molar-refractivity contribution is 0.104. The largest absolute Gasteiger partial charge is 0.489 e. The fourth-order valence-corrected chi connectivity index (χ4v) is 2.97. The zero-order valence-electron chi connectivity index (χ0n) is 16.4. The molecule has 0 spiro atoms. The summed E-state index contributed by atoms with van der Waals surface area (Å²) in [6.07, 6.45) is 8.54. The van der Waals surface area contributed by atoms with Gasteiger partial charge < -0.3 is 9.30 Å². The fraction of sp³-hybridized carbons (Fsp3) is 0.0400. The fourth-order valence-electron chi connectivity index (χ4n) is 2.97. The van der Waals surface area contributed by atoms with Gasteiger partial charge in [-0.25, -0.2) is 13.8 Å². The summed E-state index contributed by atoms with van der Waals surface area (Å²) in [5.41, 5.74) is 2.50. The average molecular weight is 416 g/mol. The third kappa shape index (κ3) is 5.11. The van der Waals surface area contributed by atoms with Crippen molar-refractivity contribution in [3.8, 4) is 11.4 Å². The first-order valence-corrected chi connectivity index (χ1v) is 9.56. The van der Waals surface area contributed by atoms with Crippen molar-refractivity contribution < 1.29 is 18.3 Å². The second-order valence-corrected chi connectivity index (χ2v) is 6.81. The number of hydrogen-bond donors (Lipinski definition) is 0. The quantitative estimate of drug-likeness (QED) is 0.290. The standard InChI is InChI=1S/C25H18F2N2O2/c26-21-6-11-24(27)20(15-21)16-31-23-9-4-19(5-10-23)25(30)12-3-18-1-7-22(8-2-18)29-14-13-28-17-29/h1-15,17H,16H2/b12-3+. The molecule has 0 atom stereocenters. The number of aromatic nitrogens is 2. The molecule has 4 rings (SSSR count). The van der Waals surface area contributed by atoms with E-state index in [1.807, 2.05) is 35.0 Å². The Morgan fingerprint density at radius 2 is 1.77 bits per heavy atom. The molecule has 4 nitrogen and oxygen atoms in total. The van der Waals surface area contributed by atoms with Crippen LogP contribution in [0.5, 0.6) is 5.75 Å². The van der Waals surface area contributed by atoms with E-state index in [9.17, 15) is 13.6 Å². The van der Waals surface area contributed by atoms with Crippen LogP contribution in [-0.4, -0.2) is 15.3 Å². The van der Waals surface area contributed by atoms with Gasteiger partial charge in [0.1, 0.15) is 24.0 Å². The summed E-state index contributed by atoms with van der Waals surface area (Å²) in [4.78, 5) is 16.4. The van der Waals surface area contributed by atoms with Gasteiger partial charge >= 0.3 is 0 Å². The van der Waals surface area contributed by atoms with E-state index < -0.39 is 11.6 Å². The van der Waals surface area contributed by atoms with Crippen LogP contribution in [0.2, 0.25) is 0 Å². The zero-order valence-corrected chi connectivity index (χ0v) is 16.4. The minimum atomic E-state index is -0.531. The van der Waals surface area contributed by atoms with Crippen molar-refractivity contribution in [3.05, 3.63) is 120 Å². The number of halogens is 2. The smallest absolute Gasteiger partial charge is 0.185 e. The summed E-state index contributed by atoms with van der Waals surface area (Å²) < 4.78 is 34.3. The molecule has 0 aliphatic carbocycles. The number of nitrogens with zero attached hydrogens (tertiary/aromatic N) is 2. The van der Waals surface area contributed by atoms with Crippen LogP contribution in [0.4, 0.5) is 8.78 Å². The average Bonchev–Trinajstić information content (AvgIpc) is 3.34.